The first-order chi connectivity index (χ1) is 8.54. The number of rotatable bonds is 6. The zero-order valence-electron chi connectivity index (χ0n) is 10.4. The first kappa shape index (κ1) is 14.0. The molecule has 1 aromatic rings. The fourth-order valence-corrected chi connectivity index (χ4v) is 1.34. The lowest BCUT2D eigenvalue weighted by Gasteiger charge is -2.09. The van der Waals surface area contributed by atoms with Crippen LogP contribution >= 0.6 is 0 Å². The summed E-state index contributed by atoms with van der Waals surface area (Å²) in [4.78, 5) is 21.8. The molecule has 1 N–H and O–H groups in total. The highest BCUT2D eigenvalue weighted by atomic mass is 16.6. The van der Waals surface area contributed by atoms with E-state index in [2.05, 4.69) is 0 Å². The number of carbonyl (C=O) groups excluding carboxylic acids is 1. The minimum absolute atomic E-state index is 0.151. The fourth-order valence-electron chi connectivity index (χ4n) is 1.34. The number of ether oxygens (including phenoxy) is 2. The lowest BCUT2D eigenvalue weighted by atomic mass is 10.0. The van der Waals surface area contributed by atoms with E-state index in [0.717, 1.165) is 0 Å². The Morgan fingerprint density at radius 3 is 2.39 bits per heavy atom. The van der Waals surface area contributed by atoms with Gasteiger partial charge in [0.15, 0.2) is 6.61 Å². The summed E-state index contributed by atoms with van der Waals surface area (Å²) in [5, 5.41) is 8.85. The summed E-state index contributed by atoms with van der Waals surface area (Å²) in [6, 6.07) is 6.60. The third-order valence-electron chi connectivity index (χ3n) is 2.41. The summed E-state index contributed by atoms with van der Waals surface area (Å²) in [7, 11) is 0. The van der Waals surface area contributed by atoms with Crippen LogP contribution in [0.5, 0.6) is 5.75 Å². The van der Waals surface area contributed by atoms with Crippen molar-refractivity contribution in [2.24, 2.45) is 0 Å². The zero-order chi connectivity index (χ0) is 13.5. The van der Waals surface area contributed by atoms with Crippen LogP contribution in [0.2, 0.25) is 0 Å². The molecule has 0 aliphatic rings. The van der Waals surface area contributed by atoms with Crippen LogP contribution in [0.15, 0.2) is 24.3 Å². The molecule has 0 amide bonds. The maximum atomic E-state index is 11.1. The zero-order valence-corrected chi connectivity index (χ0v) is 10.4. The molecule has 1 aromatic carbocycles. The Kier molecular flexibility index (Phi) is 5.17. The summed E-state index contributed by atoms with van der Waals surface area (Å²) in [5.74, 6) is -1.37. The van der Waals surface area contributed by atoms with Gasteiger partial charge in [0.25, 0.3) is 0 Å². The first-order valence-electron chi connectivity index (χ1n) is 5.65. The second-order valence-electron chi connectivity index (χ2n) is 3.72. The van der Waals surface area contributed by atoms with E-state index >= 15 is 0 Å². The van der Waals surface area contributed by atoms with Gasteiger partial charge in [-0.1, -0.05) is 12.1 Å². The van der Waals surface area contributed by atoms with Gasteiger partial charge in [-0.25, -0.2) is 4.79 Å². The van der Waals surface area contributed by atoms with Crippen LogP contribution in [0.1, 0.15) is 25.3 Å². The van der Waals surface area contributed by atoms with Gasteiger partial charge in [-0.05, 0) is 31.5 Å². The molecule has 1 atom stereocenters. The molecule has 0 fully saturated rings. The van der Waals surface area contributed by atoms with E-state index in [1.54, 1.807) is 38.1 Å². The highest BCUT2D eigenvalue weighted by Gasteiger charge is 2.13. The molecule has 0 aliphatic heterocycles. The van der Waals surface area contributed by atoms with E-state index in [4.69, 9.17) is 14.6 Å². The topological polar surface area (TPSA) is 72.8 Å². The Bertz CT molecular complexity index is 410. The molecule has 18 heavy (non-hydrogen) atoms. The van der Waals surface area contributed by atoms with Crippen molar-refractivity contribution in [1.29, 1.82) is 0 Å². The standard InChI is InChI=1S/C13H16O5/c1-3-17-12(14)8-18-11-6-4-10(5-7-11)9(2)13(15)16/h4-7,9H,3,8H2,1-2H3,(H,15,16). The van der Waals surface area contributed by atoms with Crippen LogP contribution in [0, 0.1) is 0 Å². The second kappa shape index (κ2) is 6.64. The van der Waals surface area contributed by atoms with Crippen molar-refractivity contribution in [3.8, 4) is 5.75 Å². The van der Waals surface area contributed by atoms with E-state index in [9.17, 15) is 9.59 Å². The van der Waals surface area contributed by atoms with Gasteiger partial charge in [0.2, 0.25) is 0 Å². The Labute approximate surface area is 105 Å². The minimum atomic E-state index is -0.879. The number of aliphatic carboxylic acids is 1. The number of carbonyl (C=O) groups is 2. The smallest absolute Gasteiger partial charge is 0.344 e. The van der Waals surface area contributed by atoms with E-state index < -0.39 is 17.9 Å². The van der Waals surface area contributed by atoms with Gasteiger partial charge in [0.05, 0.1) is 12.5 Å². The molecule has 98 valence electrons. The molecule has 0 aliphatic carbocycles. The average molecular weight is 252 g/mol. The molecule has 5 nitrogen and oxygen atoms in total. The molecule has 0 saturated heterocycles. The van der Waals surface area contributed by atoms with Crippen LogP contribution in [0.25, 0.3) is 0 Å². The summed E-state index contributed by atoms with van der Waals surface area (Å²) >= 11 is 0. The molecule has 5 heteroatoms. The van der Waals surface area contributed by atoms with Crippen molar-refractivity contribution in [3.63, 3.8) is 0 Å². The Morgan fingerprint density at radius 1 is 1.28 bits per heavy atom. The van der Waals surface area contributed by atoms with Crippen molar-refractivity contribution < 1.29 is 24.2 Å². The molecule has 0 heterocycles. The quantitative estimate of drug-likeness (QED) is 0.782. The van der Waals surface area contributed by atoms with E-state index in [1.165, 1.54) is 0 Å². The van der Waals surface area contributed by atoms with E-state index in [-0.39, 0.29) is 6.61 Å². The van der Waals surface area contributed by atoms with Crippen molar-refractivity contribution in [1.82, 2.24) is 0 Å². The fraction of sp³-hybridized carbons (Fsp3) is 0.385. The van der Waals surface area contributed by atoms with Crippen LogP contribution < -0.4 is 4.74 Å². The van der Waals surface area contributed by atoms with Gasteiger partial charge >= 0.3 is 11.9 Å². The predicted molar refractivity (Wildman–Crippen MR) is 64.6 cm³/mol. The van der Waals surface area contributed by atoms with Gasteiger partial charge in [-0.3, -0.25) is 4.79 Å². The maximum absolute atomic E-state index is 11.1. The summed E-state index contributed by atoms with van der Waals surface area (Å²) in [6.45, 7) is 3.50. The molecule has 0 spiro atoms. The lowest BCUT2D eigenvalue weighted by molar-refractivity contribution is -0.145. The van der Waals surface area contributed by atoms with Crippen molar-refractivity contribution >= 4 is 11.9 Å². The molecule has 1 rings (SSSR count). The van der Waals surface area contributed by atoms with Crippen molar-refractivity contribution in [2.75, 3.05) is 13.2 Å². The molecule has 0 saturated carbocycles. The SMILES string of the molecule is CCOC(=O)COc1ccc(C(C)C(=O)O)cc1. The summed E-state index contributed by atoms with van der Waals surface area (Å²) in [6.07, 6.45) is 0. The number of carboxylic acids is 1. The van der Waals surface area contributed by atoms with Gasteiger partial charge in [0.1, 0.15) is 5.75 Å². The van der Waals surface area contributed by atoms with Gasteiger partial charge in [-0.15, -0.1) is 0 Å². The predicted octanol–water partition coefficient (Wildman–Crippen LogP) is 1.82. The number of esters is 1. The Balaban J connectivity index is 2.55. The monoisotopic (exact) mass is 252 g/mol. The maximum Gasteiger partial charge on any atom is 0.344 e. The largest absolute Gasteiger partial charge is 0.482 e. The number of benzene rings is 1. The Hall–Kier alpha value is -2.04. The van der Waals surface area contributed by atoms with Gasteiger partial charge in [-0.2, -0.15) is 0 Å². The molecule has 0 radical (unpaired) electrons. The molecule has 0 bridgehead atoms. The first-order valence-corrected chi connectivity index (χ1v) is 5.65. The molecular weight excluding hydrogens is 236 g/mol. The van der Waals surface area contributed by atoms with Crippen molar-refractivity contribution in [2.45, 2.75) is 19.8 Å². The third kappa shape index (κ3) is 4.08. The average Bonchev–Trinajstić information content (AvgIpc) is 2.36. The normalized spacial score (nSPS) is 11.7. The summed E-state index contributed by atoms with van der Waals surface area (Å²) in [5.41, 5.74) is 0.686. The molecule has 0 aromatic heterocycles. The highest BCUT2D eigenvalue weighted by Crippen LogP contribution is 2.19. The number of hydrogen-bond acceptors (Lipinski definition) is 4. The van der Waals surface area contributed by atoms with Crippen LogP contribution in [0.4, 0.5) is 0 Å². The second-order valence-corrected chi connectivity index (χ2v) is 3.72. The third-order valence-corrected chi connectivity index (χ3v) is 2.41. The van der Waals surface area contributed by atoms with Crippen LogP contribution in [-0.2, 0) is 14.3 Å². The number of hydrogen-bond donors (Lipinski definition) is 1. The molecule has 1 unspecified atom stereocenters. The highest BCUT2D eigenvalue weighted by molar-refractivity contribution is 5.75. The molecular formula is C13H16O5. The minimum Gasteiger partial charge on any atom is -0.482 e. The van der Waals surface area contributed by atoms with Gasteiger partial charge in [0, 0.05) is 0 Å². The van der Waals surface area contributed by atoms with Crippen LogP contribution in [-0.4, -0.2) is 30.3 Å². The number of carboxylic acid groups (broad SMARTS) is 1. The summed E-state index contributed by atoms with van der Waals surface area (Å²) < 4.78 is 9.91. The van der Waals surface area contributed by atoms with Crippen LogP contribution in [0.3, 0.4) is 0 Å². The van der Waals surface area contributed by atoms with Gasteiger partial charge < -0.3 is 14.6 Å². The Morgan fingerprint density at radius 2 is 1.89 bits per heavy atom. The van der Waals surface area contributed by atoms with E-state index in [1.807, 2.05) is 0 Å². The van der Waals surface area contributed by atoms with Crippen molar-refractivity contribution in [3.05, 3.63) is 29.8 Å². The lowest BCUT2D eigenvalue weighted by Crippen LogP contribution is -2.14. The van der Waals surface area contributed by atoms with E-state index in [0.29, 0.717) is 17.9 Å².